The summed E-state index contributed by atoms with van der Waals surface area (Å²) in [7, 11) is 0. The first-order valence-electron chi connectivity index (χ1n) is 5.96. The molecule has 0 aliphatic carbocycles. The van der Waals surface area contributed by atoms with Crippen molar-refractivity contribution in [3.8, 4) is 11.5 Å². The summed E-state index contributed by atoms with van der Waals surface area (Å²) in [4.78, 5) is 9.76. The number of nitro benzene ring substituents is 1. The van der Waals surface area contributed by atoms with Gasteiger partial charge >= 0.3 is 5.69 Å². The summed E-state index contributed by atoms with van der Waals surface area (Å²) in [6, 6.07) is 8.31. The maximum atomic E-state index is 13.6. The minimum absolute atomic E-state index is 0.0925. The number of hydrogen-bond acceptors (Lipinski definition) is 4. The Morgan fingerprint density at radius 3 is 2.67 bits per heavy atom. The number of halogens is 1. The summed E-state index contributed by atoms with van der Waals surface area (Å²) in [5.41, 5.74) is 5.92. The molecule has 2 rings (SSSR count). The lowest BCUT2D eigenvalue weighted by molar-refractivity contribution is -0.387. The van der Waals surface area contributed by atoms with Crippen molar-refractivity contribution in [2.75, 3.05) is 0 Å². The molecule has 0 amide bonds. The predicted molar refractivity (Wildman–Crippen MR) is 75.3 cm³/mol. The van der Waals surface area contributed by atoms with Crippen molar-refractivity contribution in [2.24, 2.45) is 5.73 Å². The van der Waals surface area contributed by atoms with Crippen LogP contribution in [0.5, 0.6) is 11.5 Å². The molecule has 0 aliphatic rings. The van der Waals surface area contributed by atoms with E-state index in [1.54, 1.807) is 25.1 Å². The van der Waals surface area contributed by atoms with Gasteiger partial charge in [0.25, 0.3) is 0 Å². The number of nitrogen functional groups attached to an aromatic ring is 1. The van der Waals surface area contributed by atoms with Crippen LogP contribution in [0.3, 0.4) is 0 Å². The molecule has 2 aromatic carbocycles. The van der Waals surface area contributed by atoms with Crippen LogP contribution in [-0.2, 0) is 0 Å². The molecule has 0 bridgehead atoms. The third-order valence-electron chi connectivity index (χ3n) is 2.84. The van der Waals surface area contributed by atoms with Crippen LogP contribution in [-0.4, -0.2) is 10.8 Å². The molecule has 0 aromatic heterocycles. The Morgan fingerprint density at radius 2 is 2.10 bits per heavy atom. The van der Waals surface area contributed by atoms with Crippen molar-refractivity contribution in [2.45, 2.75) is 6.92 Å². The highest BCUT2D eigenvalue weighted by atomic mass is 19.1. The molecule has 0 atom stereocenters. The van der Waals surface area contributed by atoms with E-state index in [2.05, 4.69) is 0 Å². The van der Waals surface area contributed by atoms with Crippen molar-refractivity contribution in [1.29, 1.82) is 5.41 Å². The largest absolute Gasteiger partial charge is 0.456 e. The second-order valence-electron chi connectivity index (χ2n) is 4.34. The average molecular weight is 289 g/mol. The lowest BCUT2D eigenvalue weighted by Crippen LogP contribution is -2.12. The van der Waals surface area contributed by atoms with Crippen LogP contribution in [0.4, 0.5) is 10.1 Å². The van der Waals surface area contributed by atoms with Gasteiger partial charge in [-0.1, -0.05) is 12.1 Å². The molecule has 21 heavy (non-hydrogen) atoms. The molecule has 0 aliphatic heterocycles. The minimum atomic E-state index is -0.990. The number of nitrogens with two attached hydrogens (primary N) is 1. The Labute approximate surface area is 119 Å². The number of nitro groups is 1. The molecule has 0 saturated carbocycles. The zero-order chi connectivity index (χ0) is 15.6. The summed E-state index contributed by atoms with van der Waals surface area (Å²) < 4.78 is 19.1. The summed E-state index contributed by atoms with van der Waals surface area (Å²) in [6.45, 7) is 1.75. The number of rotatable bonds is 4. The van der Waals surface area contributed by atoms with Gasteiger partial charge in [-0.15, -0.1) is 0 Å². The number of amidine groups is 1. The van der Waals surface area contributed by atoms with E-state index < -0.39 is 16.4 Å². The van der Waals surface area contributed by atoms with E-state index in [0.29, 0.717) is 16.9 Å². The highest BCUT2D eigenvalue weighted by molar-refractivity contribution is 5.98. The number of nitrogens with one attached hydrogen (secondary N) is 1. The van der Waals surface area contributed by atoms with Crippen LogP contribution >= 0.6 is 0 Å². The SMILES string of the molecule is Cc1cccc(C(=N)N)c1Oc1ccc([N+](=O)[O-])c(F)c1. The van der Waals surface area contributed by atoms with E-state index in [1.165, 1.54) is 6.07 Å². The third kappa shape index (κ3) is 2.97. The Morgan fingerprint density at radius 1 is 1.38 bits per heavy atom. The standard InChI is InChI=1S/C14H12FN3O3/c1-8-3-2-4-10(14(16)17)13(8)21-9-5-6-12(18(19)20)11(15)7-9/h2-7H,1H3,(H3,16,17). The van der Waals surface area contributed by atoms with E-state index in [9.17, 15) is 14.5 Å². The number of nitrogens with zero attached hydrogens (tertiary/aromatic N) is 1. The minimum Gasteiger partial charge on any atom is -0.456 e. The van der Waals surface area contributed by atoms with Crippen molar-refractivity contribution in [3.63, 3.8) is 0 Å². The van der Waals surface area contributed by atoms with Crippen LogP contribution in [0.15, 0.2) is 36.4 Å². The van der Waals surface area contributed by atoms with Gasteiger partial charge in [0.05, 0.1) is 10.5 Å². The molecular weight excluding hydrogens is 277 g/mol. The smallest absolute Gasteiger partial charge is 0.305 e. The molecule has 108 valence electrons. The van der Waals surface area contributed by atoms with Gasteiger partial charge in [-0.2, -0.15) is 4.39 Å². The van der Waals surface area contributed by atoms with E-state index in [-0.39, 0.29) is 11.6 Å². The predicted octanol–water partition coefficient (Wildman–Crippen LogP) is 3.12. The normalized spacial score (nSPS) is 10.2. The van der Waals surface area contributed by atoms with Crippen LogP contribution in [0.2, 0.25) is 0 Å². The fourth-order valence-electron chi connectivity index (χ4n) is 1.82. The van der Waals surface area contributed by atoms with Crippen LogP contribution in [0.1, 0.15) is 11.1 Å². The molecule has 0 unspecified atom stereocenters. The number of para-hydroxylation sites is 1. The first-order valence-corrected chi connectivity index (χ1v) is 5.96. The summed E-state index contributed by atoms with van der Waals surface area (Å²) in [6.07, 6.45) is 0. The van der Waals surface area contributed by atoms with E-state index in [0.717, 1.165) is 12.1 Å². The van der Waals surface area contributed by atoms with Gasteiger partial charge in [0.2, 0.25) is 5.82 Å². The van der Waals surface area contributed by atoms with Gasteiger partial charge in [-0.25, -0.2) is 0 Å². The molecule has 0 heterocycles. The summed E-state index contributed by atoms with van der Waals surface area (Å²) in [5.74, 6) is -0.764. The van der Waals surface area contributed by atoms with Gasteiger partial charge in [0.1, 0.15) is 17.3 Å². The third-order valence-corrected chi connectivity index (χ3v) is 2.84. The number of ether oxygens (including phenoxy) is 1. The molecule has 0 radical (unpaired) electrons. The van der Waals surface area contributed by atoms with Crippen molar-refractivity contribution < 1.29 is 14.1 Å². The van der Waals surface area contributed by atoms with E-state index >= 15 is 0 Å². The monoisotopic (exact) mass is 289 g/mol. The second kappa shape index (κ2) is 5.58. The number of hydrogen-bond donors (Lipinski definition) is 2. The summed E-state index contributed by atoms with van der Waals surface area (Å²) in [5, 5.41) is 18.1. The molecule has 7 heteroatoms. The molecular formula is C14H12FN3O3. The van der Waals surface area contributed by atoms with Gasteiger partial charge in [0, 0.05) is 12.1 Å². The molecule has 2 aromatic rings. The van der Waals surface area contributed by atoms with E-state index in [1.807, 2.05) is 0 Å². The van der Waals surface area contributed by atoms with Gasteiger partial charge in [-0.3, -0.25) is 15.5 Å². The lowest BCUT2D eigenvalue weighted by atomic mass is 10.1. The molecule has 3 N–H and O–H groups in total. The van der Waals surface area contributed by atoms with Crippen LogP contribution < -0.4 is 10.5 Å². The van der Waals surface area contributed by atoms with Gasteiger partial charge in [0.15, 0.2) is 0 Å². The zero-order valence-electron chi connectivity index (χ0n) is 11.1. The quantitative estimate of drug-likeness (QED) is 0.390. The molecule has 6 nitrogen and oxygen atoms in total. The Balaban J connectivity index is 2.41. The number of aryl methyl sites for hydroxylation is 1. The first-order chi connectivity index (χ1) is 9.90. The molecule has 0 fully saturated rings. The molecule has 0 spiro atoms. The topological polar surface area (TPSA) is 102 Å². The van der Waals surface area contributed by atoms with E-state index in [4.69, 9.17) is 15.9 Å². The average Bonchev–Trinajstić information content (AvgIpc) is 2.40. The highest BCUT2D eigenvalue weighted by Gasteiger charge is 2.16. The second-order valence-corrected chi connectivity index (χ2v) is 4.34. The Bertz CT molecular complexity index is 731. The van der Waals surface area contributed by atoms with Crippen LogP contribution in [0, 0.1) is 28.3 Å². The highest BCUT2D eigenvalue weighted by Crippen LogP contribution is 2.31. The van der Waals surface area contributed by atoms with Crippen molar-refractivity contribution in [3.05, 3.63) is 63.5 Å². The maximum Gasteiger partial charge on any atom is 0.305 e. The fraction of sp³-hybridized carbons (Fsp3) is 0.0714. The first kappa shape index (κ1) is 14.4. The zero-order valence-corrected chi connectivity index (χ0v) is 11.1. The molecule has 0 saturated heterocycles. The lowest BCUT2D eigenvalue weighted by Gasteiger charge is -2.13. The summed E-state index contributed by atoms with van der Waals surface area (Å²) >= 11 is 0. The Hall–Kier alpha value is -2.96. The van der Waals surface area contributed by atoms with Crippen molar-refractivity contribution >= 4 is 11.5 Å². The van der Waals surface area contributed by atoms with Crippen molar-refractivity contribution in [1.82, 2.24) is 0 Å². The van der Waals surface area contributed by atoms with Gasteiger partial charge in [-0.05, 0) is 24.6 Å². The maximum absolute atomic E-state index is 13.6. The fourth-order valence-corrected chi connectivity index (χ4v) is 1.82. The van der Waals surface area contributed by atoms with Crippen LogP contribution in [0.25, 0.3) is 0 Å². The number of benzene rings is 2. The van der Waals surface area contributed by atoms with Gasteiger partial charge < -0.3 is 10.5 Å². The Kier molecular flexibility index (Phi) is 3.84.